The molecule has 2 rings (SSSR count). The molecule has 1 heterocycles. The molecule has 2 aromatic rings. The number of benzene rings is 1. The Kier molecular flexibility index (Phi) is 4.84. The number of hydrogen-bond acceptors (Lipinski definition) is 4. The summed E-state index contributed by atoms with van der Waals surface area (Å²) in [6.45, 7) is 3.87. The highest BCUT2D eigenvalue weighted by molar-refractivity contribution is 7.99. The van der Waals surface area contributed by atoms with E-state index in [1.807, 2.05) is 13.8 Å². The van der Waals surface area contributed by atoms with Gasteiger partial charge >= 0.3 is 5.97 Å². The Bertz CT molecular complexity index is 675. The van der Waals surface area contributed by atoms with Gasteiger partial charge in [0, 0.05) is 11.6 Å². The molecule has 0 aliphatic rings. The van der Waals surface area contributed by atoms with Crippen LogP contribution in [0.15, 0.2) is 23.4 Å². The summed E-state index contributed by atoms with van der Waals surface area (Å²) in [5, 5.41) is 17.4. The summed E-state index contributed by atoms with van der Waals surface area (Å²) >= 11 is 6.88. The van der Waals surface area contributed by atoms with Crippen LogP contribution in [0.5, 0.6) is 0 Å². The number of hydrogen-bond donors (Lipinski definition) is 1. The first-order chi connectivity index (χ1) is 9.90. The Morgan fingerprint density at radius 1 is 1.48 bits per heavy atom. The van der Waals surface area contributed by atoms with Crippen molar-refractivity contribution < 1.29 is 14.3 Å². The van der Waals surface area contributed by atoms with Gasteiger partial charge in [0.15, 0.2) is 11.0 Å². The Morgan fingerprint density at radius 2 is 2.19 bits per heavy atom. The van der Waals surface area contributed by atoms with Gasteiger partial charge in [-0.25, -0.2) is 4.39 Å². The molecule has 0 saturated heterocycles. The number of aliphatic carboxylic acids is 1. The van der Waals surface area contributed by atoms with E-state index in [0.29, 0.717) is 16.5 Å². The fourth-order valence-electron chi connectivity index (χ4n) is 1.80. The molecule has 1 N–H and O–H groups in total. The van der Waals surface area contributed by atoms with Gasteiger partial charge in [0.2, 0.25) is 0 Å². The zero-order valence-electron chi connectivity index (χ0n) is 11.4. The predicted octanol–water partition coefficient (Wildman–Crippen LogP) is 3.50. The van der Waals surface area contributed by atoms with Crippen molar-refractivity contribution in [2.24, 2.45) is 0 Å². The molecule has 0 fully saturated rings. The minimum Gasteiger partial charge on any atom is -0.481 e. The summed E-state index contributed by atoms with van der Waals surface area (Å²) in [7, 11) is 0. The second-order valence-corrected chi connectivity index (χ2v) is 5.93. The number of carbonyl (C=O) groups is 1. The van der Waals surface area contributed by atoms with E-state index < -0.39 is 11.8 Å². The van der Waals surface area contributed by atoms with Gasteiger partial charge in [-0.3, -0.25) is 9.36 Å². The highest BCUT2D eigenvalue weighted by Crippen LogP contribution is 2.29. The van der Waals surface area contributed by atoms with Gasteiger partial charge in [0.1, 0.15) is 5.82 Å². The first-order valence-corrected chi connectivity index (χ1v) is 7.51. The largest absolute Gasteiger partial charge is 0.481 e. The van der Waals surface area contributed by atoms with Crippen LogP contribution in [-0.4, -0.2) is 31.6 Å². The normalized spacial score (nSPS) is 11.1. The number of halogens is 2. The van der Waals surface area contributed by atoms with E-state index in [1.165, 1.54) is 12.1 Å². The zero-order valence-corrected chi connectivity index (χ0v) is 13.0. The molecule has 0 saturated carbocycles. The molecule has 21 heavy (non-hydrogen) atoms. The van der Waals surface area contributed by atoms with E-state index in [2.05, 4.69) is 10.2 Å². The molecule has 0 spiro atoms. The molecule has 0 unspecified atom stereocenters. The summed E-state index contributed by atoms with van der Waals surface area (Å²) in [5.74, 6) is -1.00. The zero-order chi connectivity index (χ0) is 15.6. The van der Waals surface area contributed by atoms with E-state index in [9.17, 15) is 9.18 Å². The van der Waals surface area contributed by atoms with E-state index in [0.717, 1.165) is 11.8 Å². The maximum absolute atomic E-state index is 13.2. The minimum atomic E-state index is -0.926. The molecule has 0 amide bonds. The molecule has 0 bridgehead atoms. The fourth-order valence-corrected chi connectivity index (χ4v) is 2.77. The standard InChI is InChI=1S/C13H13ClFN3O2S/c1-7(2)18-12(8-3-4-10(15)9(14)5-8)16-17-13(18)21-6-11(19)20/h3-5,7H,6H2,1-2H3,(H,19,20). The molecule has 0 atom stereocenters. The van der Waals surface area contributed by atoms with Crippen molar-refractivity contribution in [3.63, 3.8) is 0 Å². The van der Waals surface area contributed by atoms with Crippen molar-refractivity contribution in [2.45, 2.75) is 25.0 Å². The third-order valence-electron chi connectivity index (χ3n) is 2.68. The quantitative estimate of drug-likeness (QED) is 0.850. The molecular formula is C13H13ClFN3O2S. The Hall–Kier alpha value is -1.60. The van der Waals surface area contributed by atoms with Crippen LogP contribution in [0, 0.1) is 5.82 Å². The lowest BCUT2D eigenvalue weighted by molar-refractivity contribution is -0.133. The summed E-state index contributed by atoms with van der Waals surface area (Å²) in [6.07, 6.45) is 0. The first-order valence-electron chi connectivity index (χ1n) is 6.15. The van der Waals surface area contributed by atoms with Gasteiger partial charge in [-0.05, 0) is 32.0 Å². The third kappa shape index (κ3) is 3.54. The number of thioether (sulfide) groups is 1. The van der Waals surface area contributed by atoms with Gasteiger partial charge < -0.3 is 5.11 Å². The van der Waals surface area contributed by atoms with Crippen molar-refractivity contribution in [3.05, 3.63) is 29.0 Å². The van der Waals surface area contributed by atoms with Crippen LogP contribution in [0.1, 0.15) is 19.9 Å². The van der Waals surface area contributed by atoms with Gasteiger partial charge in [-0.2, -0.15) is 0 Å². The van der Waals surface area contributed by atoms with Crippen LogP contribution in [0.25, 0.3) is 11.4 Å². The van der Waals surface area contributed by atoms with Crippen molar-refractivity contribution in [3.8, 4) is 11.4 Å². The van der Waals surface area contributed by atoms with Crippen LogP contribution in [0.4, 0.5) is 4.39 Å². The number of rotatable bonds is 5. The maximum Gasteiger partial charge on any atom is 0.313 e. The summed E-state index contributed by atoms with van der Waals surface area (Å²) in [6, 6.07) is 4.33. The predicted molar refractivity (Wildman–Crippen MR) is 79.2 cm³/mol. The lowest BCUT2D eigenvalue weighted by atomic mass is 10.2. The lowest BCUT2D eigenvalue weighted by Gasteiger charge is -2.13. The van der Waals surface area contributed by atoms with Crippen molar-refractivity contribution in [1.29, 1.82) is 0 Å². The Morgan fingerprint density at radius 3 is 2.76 bits per heavy atom. The van der Waals surface area contributed by atoms with Gasteiger partial charge in [0.25, 0.3) is 0 Å². The number of carboxylic acids is 1. The number of carboxylic acid groups (broad SMARTS) is 1. The van der Waals surface area contributed by atoms with Gasteiger partial charge in [-0.1, -0.05) is 23.4 Å². The van der Waals surface area contributed by atoms with E-state index in [1.54, 1.807) is 10.6 Å². The molecule has 1 aromatic heterocycles. The van der Waals surface area contributed by atoms with Gasteiger partial charge in [0.05, 0.1) is 10.8 Å². The van der Waals surface area contributed by atoms with Crippen LogP contribution >= 0.6 is 23.4 Å². The molecule has 5 nitrogen and oxygen atoms in total. The fraction of sp³-hybridized carbons (Fsp3) is 0.308. The van der Waals surface area contributed by atoms with Crippen molar-refractivity contribution in [2.75, 3.05) is 5.75 Å². The van der Waals surface area contributed by atoms with Crippen LogP contribution in [0.3, 0.4) is 0 Å². The number of nitrogens with zero attached hydrogens (tertiary/aromatic N) is 3. The third-order valence-corrected chi connectivity index (χ3v) is 3.90. The van der Waals surface area contributed by atoms with E-state index >= 15 is 0 Å². The van der Waals surface area contributed by atoms with Crippen LogP contribution in [0.2, 0.25) is 5.02 Å². The molecule has 0 aliphatic heterocycles. The molecule has 0 aliphatic carbocycles. The second-order valence-electron chi connectivity index (χ2n) is 4.58. The maximum atomic E-state index is 13.2. The smallest absolute Gasteiger partial charge is 0.313 e. The summed E-state index contributed by atoms with van der Waals surface area (Å²) in [4.78, 5) is 10.7. The highest BCUT2D eigenvalue weighted by Gasteiger charge is 2.18. The molecule has 1 aromatic carbocycles. The Balaban J connectivity index is 2.43. The van der Waals surface area contributed by atoms with E-state index in [4.69, 9.17) is 16.7 Å². The van der Waals surface area contributed by atoms with Crippen LogP contribution < -0.4 is 0 Å². The van der Waals surface area contributed by atoms with Gasteiger partial charge in [-0.15, -0.1) is 10.2 Å². The number of aromatic nitrogens is 3. The topological polar surface area (TPSA) is 68.0 Å². The van der Waals surface area contributed by atoms with E-state index in [-0.39, 0.29) is 16.8 Å². The molecule has 112 valence electrons. The molecule has 0 radical (unpaired) electrons. The molecular weight excluding hydrogens is 317 g/mol. The Labute approximate surface area is 130 Å². The monoisotopic (exact) mass is 329 g/mol. The van der Waals surface area contributed by atoms with Crippen molar-refractivity contribution >= 4 is 29.3 Å². The minimum absolute atomic E-state index is 0.00513. The summed E-state index contributed by atoms with van der Waals surface area (Å²) < 4.78 is 15.0. The first kappa shape index (κ1) is 15.8. The average molecular weight is 330 g/mol. The van der Waals surface area contributed by atoms with Crippen molar-refractivity contribution in [1.82, 2.24) is 14.8 Å². The van der Waals surface area contributed by atoms with Crippen LogP contribution in [-0.2, 0) is 4.79 Å². The lowest BCUT2D eigenvalue weighted by Crippen LogP contribution is -2.07. The summed E-state index contributed by atoms with van der Waals surface area (Å²) in [5.41, 5.74) is 0.629. The average Bonchev–Trinajstić information content (AvgIpc) is 2.83. The molecule has 8 heteroatoms. The highest BCUT2D eigenvalue weighted by atomic mass is 35.5. The SMILES string of the molecule is CC(C)n1c(SCC(=O)O)nnc1-c1ccc(F)c(Cl)c1. The second kappa shape index (κ2) is 6.44.